The molecule has 2 rings (SSSR count). The number of aliphatic hydroxyl groups is 1. The van der Waals surface area contributed by atoms with Crippen molar-refractivity contribution in [3.8, 4) is 5.75 Å². The van der Waals surface area contributed by atoms with Crippen LogP contribution in [0.25, 0.3) is 0 Å². The van der Waals surface area contributed by atoms with Crippen LogP contribution in [-0.4, -0.2) is 58.5 Å². The molecule has 1 N–H and O–H groups in total. The number of thioether (sulfide) groups is 1. The molecule has 1 aromatic rings. The Morgan fingerprint density at radius 1 is 1.55 bits per heavy atom. The smallest absolute Gasteiger partial charge is 0.162 e. The molecule has 5 nitrogen and oxygen atoms in total. The molecule has 0 spiro atoms. The van der Waals surface area contributed by atoms with Crippen LogP contribution in [0.5, 0.6) is 5.75 Å². The zero-order chi connectivity index (χ0) is 14.5. The summed E-state index contributed by atoms with van der Waals surface area (Å²) in [6, 6.07) is 0. The molecule has 0 aliphatic carbocycles. The molecule has 1 aromatic heterocycles. The number of hydrogen-bond acceptors (Lipinski definition) is 5. The third kappa shape index (κ3) is 3.68. The van der Waals surface area contributed by atoms with Crippen molar-refractivity contribution >= 4 is 11.8 Å². The quantitative estimate of drug-likeness (QED) is 0.867. The molecular weight excluding hydrogens is 274 g/mol. The average Bonchev–Trinajstić information content (AvgIpc) is 2.88. The van der Waals surface area contributed by atoms with E-state index in [2.05, 4.69) is 10.00 Å². The van der Waals surface area contributed by atoms with Gasteiger partial charge in [-0.1, -0.05) is 6.42 Å². The van der Waals surface area contributed by atoms with Crippen LogP contribution >= 0.6 is 11.8 Å². The van der Waals surface area contributed by atoms with Crippen molar-refractivity contribution in [3.63, 3.8) is 0 Å². The van der Waals surface area contributed by atoms with E-state index >= 15 is 0 Å². The predicted octanol–water partition coefficient (Wildman–Crippen LogP) is 1.77. The fourth-order valence-electron chi connectivity index (χ4n) is 2.50. The SMILES string of the molecule is COc1cnn(CCN(C)C)c1C(O)C1CCCCS1. The molecule has 6 heteroatoms. The first-order valence-electron chi connectivity index (χ1n) is 7.17. The van der Waals surface area contributed by atoms with Gasteiger partial charge in [-0.3, -0.25) is 4.68 Å². The van der Waals surface area contributed by atoms with Crippen molar-refractivity contribution in [1.29, 1.82) is 0 Å². The topological polar surface area (TPSA) is 50.5 Å². The van der Waals surface area contributed by atoms with Crippen molar-refractivity contribution in [2.45, 2.75) is 37.2 Å². The highest BCUT2D eigenvalue weighted by molar-refractivity contribution is 7.99. The lowest BCUT2D eigenvalue weighted by atomic mass is 10.1. The zero-order valence-electron chi connectivity index (χ0n) is 12.6. The van der Waals surface area contributed by atoms with Gasteiger partial charge >= 0.3 is 0 Å². The van der Waals surface area contributed by atoms with Crippen LogP contribution in [0.4, 0.5) is 0 Å². The van der Waals surface area contributed by atoms with Gasteiger partial charge in [0.1, 0.15) is 11.8 Å². The lowest BCUT2D eigenvalue weighted by Crippen LogP contribution is -2.25. The Morgan fingerprint density at radius 2 is 2.35 bits per heavy atom. The third-order valence-electron chi connectivity index (χ3n) is 3.67. The minimum Gasteiger partial charge on any atom is -0.493 e. The second-order valence-corrected chi connectivity index (χ2v) is 6.82. The molecule has 2 unspecified atom stereocenters. The molecule has 20 heavy (non-hydrogen) atoms. The number of likely N-dealkylation sites (N-methyl/N-ethyl adjacent to an activating group) is 1. The van der Waals surface area contributed by atoms with E-state index in [0.717, 1.165) is 31.0 Å². The van der Waals surface area contributed by atoms with E-state index < -0.39 is 6.10 Å². The molecule has 0 radical (unpaired) electrons. The van der Waals surface area contributed by atoms with Gasteiger partial charge in [0.2, 0.25) is 0 Å². The highest BCUT2D eigenvalue weighted by Gasteiger charge is 2.29. The molecule has 2 atom stereocenters. The van der Waals surface area contributed by atoms with Gasteiger partial charge in [-0.2, -0.15) is 16.9 Å². The van der Waals surface area contributed by atoms with Gasteiger partial charge in [-0.25, -0.2) is 0 Å². The van der Waals surface area contributed by atoms with Crippen LogP contribution in [0.3, 0.4) is 0 Å². The Balaban J connectivity index is 2.16. The maximum absolute atomic E-state index is 10.7. The normalized spacial score (nSPS) is 21.1. The third-order valence-corrected chi connectivity index (χ3v) is 5.12. The van der Waals surface area contributed by atoms with E-state index in [4.69, 9.17) is 4.74 Å². The van der Waals surface area contributed by atoms with Crippen molar-refractivity contribution in [3.05, 3.63) is 11.9 Å². The van der Waals surface area contributed by atoms with Gasteiger partial charge in [-0.05, 0) is 32.7 Å². The minimum absolute atomic E-state index is 0.257. The predicted molar refractivity (Wildman–Crippen MR) is 82.4 cm³/mol. The van der Waals surface area contributed by atoms with Crippen LogP contribution < -0.4 is 4.74 Å². The van der Waals surface area contributed by atoms with Gasteiger partial charge in [0.25, 0.3) is 0 Å². The number of hydrogen-bond donors (Lipinski definition) is 1. The lowest BCUT2D eigenvalue weighted by Gasteiger charge is -2.27. The van der Waals surface area contributed by atoms with Crippen LogP contribution in [0.1, 0.15) is 31.1 Å². The summed E-state index contributed by atoms with van der Waals surface area (Å²) in [5, 5.41) is 15.3. The fourth-order valence-corrected chi connectivity index (χ4v) is 3.82. The van der Waals surface area contributed by atoms with Crippen LogP contribution in [-0.2, 0) is 6.54 Å². The molecule has 0 aromatic carbocycles. The molecule has 114 valence electrons. The lowest BCUT2D eigenvalue weighted by molar-refractivity contribution is 0.152. The van der Waals surface area contributed by atoms with Crippen molar-refractivity contribution in [2.24, 2.45) is 0 Å². The Kier molecular flexibility index (Phi) is 5.74. The van der Waals surface area contributed by atoms with E-state index in [1.807, 2.05) is 30.5 Å². The first-order chi connectivity index (χ1) is 9.63. The van der Waals surface area contributed by atoms with E-state index in [-0.39, 0.29) is 5.25 Å². The molecule has 1 aliphatic heterocycles. The van der Waals surface area contributed by atoms with Crippen molar-refractivity contribution < 1.29 is 9.84 Å². The Bertz CT molecular complexity index is 417. The molecule has 1 aliphatic rings. The summed E-state index contributed by atoms with van der Waals surface area (Å²) in [5.74, 6) is 1.83. The summed E-state index contributed by atoms with van der Waals surface area (Å²) < 4.78 is 7.27. The number of methoxy groups -OCH3 is 1. The van der Waals surface area contributed by atoms with Gasteiger partial charge in [-0.15, -0.1) is 0 Å². The summed E-state index contributed by atoms with van der Waals surface area (Å²) in [7, 11) is 5.71. The van der Waals surface area contributed by atoms with Gasteiger partial charge < -0.3 is 14.7 Å². The molecule has 1 saturated heterocycles. The molecule has 0 bridgehead atoms. The maximum atomic E-state index is 10.7. The zero-order valence-corrected chi connectivity index (χ0v) is 13.4. The van der Waals surface area contributed by atoms with E-state index in [0.29, 0.717) is 5.75 Å². The number of aromatic nitrogens is 2. The molecular formula is C14H25N3O2S. The van der Waals surface area contributed by atoms with E-state index in [1.54, 1.807) is 13.3 Å². The summed E-state index contributed by atoms with van der Waals surface area (Å²) >= 11 is 1.86. The van der Waals surface area contributed by atoms with E-state index in [9.17, 15) is 5.11 Å². The maximum Gasteiger partial charge on any atom is 0.162 e. The summed E-state index contributed by atoms with van der Waals surface area (Å²) in [6.45, 7) is 1.66. The van der Waals surface area contributed by atoms with Gasteiger partial charge in [0.15, 0.2) is 5.75 Å². The highest BCUT2D eigenvalue weighted by Crippen LogP contribution is 2.37. The second-order valence-electron chi connectivity index (χ2n) is 5.47. The molecule has 2 heterocycles. The number of rotatable bonds is 6. The number of nitrogens with zero attached hydrogens (tertiary/aromatic N) is 3. The summed E-state index contributed by atoms with van der Waals surface area (Å²) in [6.07, 6.45) is 4.73. The van der Waals surface area contributed by atoms with Crippen molar-refractivity contribution in [1.82, 2.24) is 14.7 Å². The minimum atomic E-state index is -0.500. The van der Waals surface area contributed by atoms with Crippen LogP contribution in [0.2, 0.25) is 0 Å². The first kappa shape index (κ1) is 15.7. The van der Waals surface area contributed by atoms with Crippen LogP contribution in [0.15, 0.2) is 6.20 Å². The largest absolute Gasteiger partial charge is 0.493 e. The molecule has 0 saturated carbocycles. The van der Waals surface area contributed by atoms with Gasteiger partial charge in [0, 0.05) is 11.8 Å². The fraction of sp³-hybridized carbons (Fsp3) is 0.786. The second kappa shape index (κ2) is 7.33. The van der Waals surface area contributed by atoms with Crippen LogP contribution in [0, 0.1) is 0 Å². The molecule has 0 amide bonds. The summed E-state index contributed by atoms with van der Waals surface area (Å²) in [5.41, 5.74) is 0.828. The number of ether oxygens (including phenoxy) is 1. The Labute approximate surface area is 125 Å². The Morgan fingerprint density at radius 3 is 2.95 bits per heavy atom. The average molecular weight is 299 g/mol. The van der Waals surface area contributed by atoms with Gasteiger partial charge in [0.05, 0.1) is 19.9 Å². The first-order valence-corrected chi connectivity index (χ1v) is 8.22. The molecule has 1 fully saturated rings. The monoisotopic (exact) mass is 299 g/mol. The standard InChI is InChI=1S/C14H25N3O2S/c1-16(2)7-8-17-13(11(19-3)10-15-17)14(18)12-6-4-5-9-20-12/h10,12,14,18H,4-9H2,1-3H3. The van der Waals surface area contributed by atoms with Crippen molar-refractivity contribution in [2.75, 3.05) is 33.5 Å². The highest BCUT2D eigenvalue weighted by atomic mass is 32.2. The Hall–Kier alpha value is -0.720. The number of aliphatic hydroxyl groups excluding tert-OH is 1. The summed E-state index contributed by atoms with van der Waals surface area (Å²) in [4.78, 5) is 2.11. The van der Waals surface area contributed by atoms with E-state index in [1.165, 1.54) is 12.8 Å².